The van der Waals surface area contributed by atoms with Crippen LogP contribution < -0.4 is 10.0 Å². The molecule has 1 aromatic carbocycles. The van der Waals surface area contributed by atoms with Crippen LogP contribution >= 0.6 is 0 Å². The van der Waals surface area contributed by atoms with E-state index in [1.807, 2.05) is 20.8 Å². The third-order valence-corrected chi connectivity index (χ3v) is 4.84. The fraction of sp³-hybridized carbons (Fsp3) is 0.533. The second-order valence-electron chi connectivity index (χ2n) is 5.61. The van der Waals surface area contributed by atoms with E-state index in [1.54, 1.807) is 0 Å². The second-order valence-corrected chi connectivity index (χ2v) is 7.37. The molecule has 0 aliphatic heterocycles. The van der Waals surface area contributed by atoms with Gasteiger partial charge in [0.05, 0.1) is 11.5 Å². The molecule has 0 fully saturated rings. The molecule has 0 atom stereocenters. The number of carbonyl (C=O) groups excluding carboxylic acids is 1. The van der Waals surface area contributed by atoms with E-state index >= 15 is 0 Å². The first-order chi connectivity index (χ1) is 10.2. The number of nitrogens with one attached hydrogen (secondary N) is 2. The quantitative estimate of drug-likeness (QED) is 0.709. The van der Waals surface area contributed by atoms with E-state index in [9.17, 15) is 13.2 Å². The largest absolute Gasteiger partial charge is 0.383 e. The van der Waals surface area contributed by atoms with E-state index in [4.69, 9.17) is 4.74 Å². The van der Waals surface area contributed by atoms with Crippen molar-refractivity contribution < 1.29 is 17.9 Å². The number of carbonyl (C=O) groups is 1. The number of ether oxygens (including phenoxy) is 1. The van der Waals surface area contributed by atoms with Crippen molar-refractivity contribution in [3.05, 3.63) is 29.8 Å². The lowest BCUT2D eigenvalue weighted by Crippen LogP contribution is -2.42. The summed E-state index contributed by atoms with van der Waals surface area (Å²) in [5, 5.41) is 2.90. The standard InChI is InChI=1S/C15H24N2O4S/c1-5-15(2,3)17-14(18)12-6-8-13(9-7-12)22(19,20)16-10-11-21-4/h6-9,16H,5,10-11H2,1-4H3,(H,17,18). The summed E-state index contributed by atoms with van der Waals surface area (Å²) in [5.74, 6) is -0.219. The van der Waals surface area contributed by atoms with Crippen LogP contribution in [0.5, 0.6) is 0 Å². The average molecular weight is 328 g/mol. The van der Waals surface area contributed by atoms with Gasteiger partial charge in [-0.2, -0.15) is 0 Å². The van der Waals surface area contributed by atoms with Gasteiger partial charge >= 0.3 is 0 Å². The molecule has 2 N–H and O–H groups in total. The zero-order valence-corrected chi connectivity index (χ0v) is 14.3. The minimum absolute atomic E-state index is 0.120. The van der Waals surface area contributed by atoms with Crippen molar-refractivity contribution in [3.8, 4) is 0 Å². The van der Waals surface area contributed by atoms with Gasteiger partial charge in [0.1, 0.15) is 0 Å². The van der Waals surface area contributed by atoms with Crippen LogP contribution in [0, 0.1) is 0 Å². The second kappa shape index (κ2) is 7.71. The van der Waals surface area contributed by atoms with Crippen molar-refractivity contribution in [3.63, 3.8) is 0 Å². The first-order valence-corrected chi connectivity index (χ1v) is 8.61. The molecule has 0 aromatic heterocycles. The van der Waals surface area contributed by atoms with Gasteiger partial charge in [-0.25, -0.2) is 13.1 Å². The lowest BCUT2D eigenvalue weighted by molar-refractivity contribution is 0.0911. The van der Waals surface area contributed by atoms with E-state index in [2.05, 4.69) is 10.0 Å². The van der Waals surface area contributed by atoms with Crippen LogP contribution in [0.3, 0.4) is 0 Å². The van der Waals surface area contributed by atoms with Crippen LogP contribution in [0.15, 0.2) is 29.2 Å². The molecular formula is C15H24N2O4S. The first kappa shape index (κ1) is 18.6. The van der Waals surface area contributed by atoms with Gasteiger partial charge in [-0.05, 0) is 44.5 Å². The van der Waals surface area contributed by atoms with Crippen molar-refractivity contribution in [1.29, 1.82) is 0 Å². The fourth-order valence-electron chi connectivity index (χ4n) is 1.61. The SMILES string of the molecule is CCC(C)(C)NC(=O)c1ccc(S(=O)(=O)NCCOC)cc1. The maximum atomic E-state index is 12.1. The molecule has 6 nitrogen and oxygen atoms in total. The highest BCUT2D eigenvalue weighted by Gasteiger charge is 2.19. The topological polar surface area (TPSA) is 84.5 Å². The normalized spacial score (nSPS) is 12.2. The number of methoxy groups -OCH3 is 1. The highest BCUT2D eigenvalue weighted by atomic mass is 32.2. The highest BCUT2D eigenvalue weighted by molar-refractivity contribution is 7.89. The van der Waals surface area contributed by atoms with Crippen molar-refractivity contribution in [1.82, 2.24) is 10.0 Å². The smallest absolute Gasteiger partial charge is 0.251 e. The molecule has 0 heterocycles. The summed E-state index contributed by atoms with van der Waals surface area (Å²) < 4.78 is 31.2. The van der Waals surface area contributed by atoms with E-state index in [1.165, 1.54) is 31.4 Å². The summed E-state index contributed by atoms with van der Waals surface area (Å²) in [5.41, 5.74) is 0.126. The minimum atomic E-state index is -3.58. The van der Waals surface area contributed by atoms with E-state index in [-0.39, 0.29) is 22.9 Å². The van der Waals surface area contributed by atoms with Gasteiger partial charge in [0, 0.05) is 24.8 Å². The molecule has 124 valence electrons. The van der Waals surface area contributed by atoms with Crippen LogP contribution in [0.1, 0.15) is 37.6 Å². The van der Waals surface area contributed by atoms with Gasteiger partial charge in [-0.15, -0.1) is 0 Å². The van der Waals surface area contributed by atoms with Gasteiger partial charge in [0.2, 0.25) is 10.0 Å². The Labute approximate surface area is 132 Å². The van der Waals surface area contributed by atoms with Crippen LogP contribution in [0.25, 0.3) is 0 Å². The first-order valence-electron chi connectivity index (χ1n) is 7.13. The Morgan fingerprint density at radius 2 is 1.82 bits per heavy atom. The molecule has 22 heavy (non-hydrogen) atoms. The number of benzene rings is 1. The maximum Gasteiger partial charge on any atom is 0.251 e. The lowest BCUT2D eigenvalue weighted by Gasteiger charge is -2.24. The monoisotopic (exact) mass is 328 g/mol. The molecule has 1 rings (SSSR count). The van der Waals surface area contributed by atoms with E-state index in [0.29, 0.717) is 12.2 Å². The molecule has 1 aromatic rings. The molecular weight excluding hydrogens is 304 g/mol. The van der Waals surface area contributed by atoms with E-state index < -0.39 is 10.0 Å². The molecule has 0 bridgehead atoms. The average Bonchev–Trinajstić information content (AvgIpc) is 2.47. The molecule has 7 heteroatoms. The molecule has 0 saturated heterocycles. The molecule has 0 aliphatic carbocycles. The van der Waals surface area contributed by atoms with Crippen molar-refractivity contribution in [2.75, 3.05) is 20.3 Å². The van der Waals surface area contributed by atoms with Gasteiger partial charge in [-0.3, -0.25) is 4.79 Å². The zero-order chi connectivity index (χ0) is 16.8. The van der Waals surface area contributed by atoms with E-state index in [0.717, 1.165) is 6.42 Å². The Hall–Kier alpha value is -1.44. The van der Waals surface area contributed by atoms with Crippen LogP contribution in [0.4, 0.5) is 0 Å². The van der Waals surface area contributed by atoms with Gasteiger partial charge in [0.25, 0.3) is 5.91 Å². The van der Waals surface area contributed by atoms with Gasteiger partial charge in [0.15, 0.2) is 0 Å². The Kier molecular flexibility index (Phi) is 6.52. The van der Waals surface area contributed by atoms with Crippen LogP contribution in [0.2, 0.25) is 0 Å². The maximum absolute atomic E-state index is 12.1. The fourth-order valence-corrected chi connectivity index (χ4v) is 2.63. The number of hydrogen-bond donors (Lipinski definition) is 2. The van der Waals surface area contributed by atoms with Gasteiger partial charge < -0.3 is 10.1 Å². The summed E-state index contributed by atoms with van der Waals surface area (Å²) in [6.07, 6.45) is 0.800. The molecule has 0 radical (unpaired) electrons. The number of rotatable bonds is 8. The summed E-state index contributed by atoms with van der Waals surface area (Å²) in [7, 11) is -2.08. The molecule has 0 unspecified atom stereocenters. The third-order valence-electron chi connectivity index (χ3n) is 3.36. The number of amides is 1. The molecule has 0 aliphatic rings. The predicted molar refractivity (Wildman–Crippen MR) is 85.3 cm³/mol. The number of hydrogen-bond acceptors (Lipinski definition) is 4. The Bertz CT molecular complexity index is 594. The van der Waals surface area contributed by atoms with Crippen LogP contribution in [-0.2, 0) is 14.8 Å². The summed E-state index contributed by atoms with van der Waals surface area (Å²) in [4.78, 5) is 12.2. The van der Waals surface area contributed by atoms with Crippen LogP contribution in [-0.4, -0.2) is 40.1 Å². The minimum Gasteiger partial charge on any atom is -0.383 e. The summed E-state index contributed by atoms with van der Waals surface area (Å²) >= 11 is 0. The molecule has 0 spiro atoms. The summed E-state index contributed by atoms with van der Waals surface area (Å²) in [6.45, 7) is 6.35. The Morgan fingerprint density at radius 3 is 2.32 bits per heavy atom. The highest BCUT2D eigenvalue weighted by Crippen LogP contribution is 2.13. The van der Waals surface area contributed by atoms with Gasteiger partial charge in [-0.1, -0.05) is 6.92 Å². The lowest BCUT2D eigenvalue weighted by atomic mass is 10.0. The Balaban J connectivity index is 2.80. The number of sulfonamides is 1. The third kappa shape index (κ3) is 5.40. The molecule has 0 saturated carbocycles. The van der Waals surface area contributed by atoms with Crippen molar-refractivity contribution >= 4 is 15.9 Å². The molecule has 1 amide bonds. The van der Waals surface area contributed by atoms with Crippen molar-refractivity contribution in [2.24, 2.45) is 0 Å². The Morgan fingerprint density at radius 1 is 1.23 bits per heavy atom. The van der Waals surface area contributed by atoms with Crippen molar-refractivity contribution in [2.45, 2.75) is 37.6 Å². The summed E-state index contributed by atoms with van der Waals surface area (Å²) in [6, 6.07) is 5.85. The predicted octanol–water partition coefficient (Wildman–Crippen LogP) is 1.53. The zero-order valence-electron chi connectivity index (χ0n) is 13.5.